The van der Waals surface area contributed by atoms with Gasteiger partial charge in [-0.2, -0.15) is 0 Å². The van der Waals surface area contributed by atoms with Crippen molar-refractivity contribution in [2.75, 3.05) is 13.7 Å². The lowest BCUT2D eigenvalue weighted by Crippen LogP contribution is -2.45. The largest absolute Gasteiger partial charge is 0.496 e. The molecule has 128 valence electrons. The summed E-state index contributed by atoms with van der Waals surface area (Å²) in [7, 11) is 1.70. The Labute approximate surface area is 146 Å². The van der Waals surface area contributed by atoms with Gasteiger partial charge in [-0.3, -0.25) is 4.79 Å². The zero-order valence-corrected chi connectivity index (χ0v) is 14.2. The molecular formula is C20H21N3O2. The quantitative estimate of drug-likeness (QED) is 0.751. The summed E-state index contributed by atoms with van der Waals surface area (Å²) >= 11 is 0. The van der Waals surface area contributed by atoms with E-state index in [-0.39, 0.29) is 11.3 Å². The van der Waals surface area contributed by atoms with Crippen molar-refractivity contribution in [1.82, 2.24) is 15.3 Å². The Morgan fingerprint density at radius 1 is 1.28 bits per heavy atom. The van der Waals surface area contributed by atoms with E-state index in [1.807, 2.05) is 36.4 Å². The van der Waals surface area contributed by atoms with E-state index in [4.69, 9.17) is 4.74 Å². The van der Waals surface area contributed by atoms with Crippen LogP contribution >= 0.6 is 0 Å². The maximum absolute atomic E-state index is 12.6. The number of nitrogens with zero attached hydrogens (tertiary/aromatic N) is 1. The van der Waals surface area contributed by atoms with Crippen molar-refractivity contribution >= 4 is 16.9 Å². The molecule has 0 unspecified atom stereocenters. The van der Waals surface area contributed by atoms with Crippen LogP contribution in [-0.4, -0.2) is 29.5 Å². The second-order valence-electron chi connectivity index (χ2n) is 6.65. The van der Waals surface area contributed by atoms with Crippen LogP contribution in [-0.2, 0) is 5.41 Å². The van der Waals surface area contributed by atoms with Crippen LogP contribution in [0.4, 0.5) is 0 Å². The molecule has 2 aromatic carbocycles. The average molecular weight is 335 g/mol. The van der Waals surface area contributed by atoms with E-state index in [1.165, 1.54) is 12.0 Å². The van der Waals surface area contributed by atoms with E-state index in [9.17, 15) is 4.79 Å². The molecule has 4 rings (SSSR count). The molecule has 0 aliphatic heterocycles. The van der Waals surface area contributed by atoms with Gasteiger partial charge in [-0.15, -0.1) is 0 Å². The number of para-hydroxylation sites is 1. The standard InChI is InChI=1S/C20H21N3O2/c1-25-18-6-3-2-5-15(18)20(9-4-10-20)12-21-19(24)14-7-8-16-17(11-14)23-13-22-16/h2-3,5-8,11,13H,4,9-10,12H2,1H3,(H,21,24)(H,22,23). The fourth-order valence-electron chi connectivity index (χ4n) is 3.66. The zero-order chi connectivity index (χ0) is 17.3. The van der Waals surface area contributed by atoms with Gasteiger partial charge in [0.2, 0.25) is 0 Å². The maximum atomic E-state index is 12.6. The summed E-state index contributed by atoms with van der Waals surface area (Å²) in [5, 5.41) is 3.12. The number of hydrogen-bond donors (Lipinski definition) is 2. The van der Waals surface area contributed by atoms with Crippen LogP contribution < -0.4 is 10.1 Å². The first-order valence-electron chi connectivity index (χ1n) is 8.57. The molecule has 1 aliphatic rings. The lowest BCUT2D eigenvalue weighted by atomic mass is 9.64. The maximum Gasteiger partial charge on any atom is 0.251 e. The summed E-state index contributed by atoms with van der Waals surface area (Å²) in [4.78, 5) is 19.8. The van der Waals surface area contributed by atoms with Crippen molar-refractivity contribution in [3.05, 3.63) is 59.9 Å². The first kappa shape index (κ1) is 15.7. The van der Waals surface area contributed by atoms with Crippen LogP contribution in [0.3, 0.4) is 0 Å². The van der Waals surface area contributed by atoms with Crippen LogP contribution in [0.15, 0.2) is 48.8 Å². The molecule has 5 nitrogen and oxygen atoms in total. The topological polar surface area (TPSA) is 67.0 Å². The number of H-pyrrole nitrogens is 1. The Morgan fingerprint density at radius 3 is 2.88 bits per heavy atom. The molecule has 0 bridgehead atoms. The number of benzene rings is 2. The minimum Gasteiger partial charge on any atom is -0.496 e. The van der Waals surface area contributed by atoms with Crippen molar-refractivity contribution in [2.45, 2.75) is 24.7 Å². The molecule has 1 saturated carbocycles. The third-order valence-electron chi connectivity index (χ3n) is 5.26. The molecule has 25 heavy (non-hydrogen) atoms. The zero-order valence-electron chi connectivity index (χ0n) is 14.2. The summed E-state index contributed by atoms with van der Waals surface area (Å²) in [6.07, 6.45) is 4.94. The van der Waals surface area contributed by atoms with E-state index in [0.717, 1.165) is 29.6 Å². The van der Waals surface area contributed by atoms with Gasteiger partial charge in [0.15, 0.2) is 0 Å². The van der Waals surface area contributed by atoms with Gasteiger partial charge in [-0.05, 0) is 37.1 Å². The first-order chi connectivity index (χ1) is 12.2. The number of hydrogen-bond acceptors (Lipinski definition) is 3. The summed E-state index contributed by atoms with van der Waals surface area (Å²) in [6.45, 7) is 0.618. The third kappa shape index (κ3) is 2.76. The molecule has 0 radical (unpaired) electrons. The highest BCUT2D eigenvalue weighted by Crippen LogP contribution is 2.46. The number of nitrogens with one attached hydrogen (secondary N) is 2. The number of imidazole rings is 1. The van der Waals surface area contributed by atoms with Gasteiger partial charge in [0.05, 0.1) is 24.5 Å². The number of rotatable bonds is 5. The van der Waals surface area contributed by atoms with E-state index in [1.54, 1.807) is 13.4 Å². The lowest BCUT2D eigenvalue weighted by Gasteiger charge is -2.43. The van der Waals surface area contributed by atoms with Crippen LogP contribution in [0.25, 0.3) is 11.0 Å². The number of aromatic nitrogens is 2. The number of amides is 1. The van der Waals surface area contributed by atoms with E-state index in [0.29, 0.717) is 12.1 Å². The van der Waals surface area contributed by atoms with Gasteiger partial charge >= 0.3 is 0 Å². The SMILES string of the molecule is COc1ccccc1C1(CNC(=O)c2ccc3nc[nH]c3c2)CCC1. The number of carbonyl (C=O) groups is 1. The van der Waals surface area contributed by atoms with Crippen LogP contribution in [0, 0.1) is 0 Å². The van der Waals surface area contributed by atoms with Crippen molar-refractivity contribution in [3.8, 4) is 5.75 Å². The molecule has 1 aliphatic carbocycles. The summed E-state index contributed by atoms with van der Waals surface area (Å²) in [5.41, 5.74) is 3.54. The number of aromatic amines is 1. The normalized spacial score (nSPS) is 15.6. The highest BCUT2D eigenvalue weighted by molar-refractivity contribution is 5.97. The van der Waals surface area contributed by atoms with Gasteiger partial charge < -0.3 is 15.0 Å². The molecule has 1 amide bonds. The molecule has 0 atom stereocenters. The van der Waals surface area contributed by atoms with Crippen LogP contribution in [0.5, 0.6) is 5.75 Å². The predicted molar refractivity (Wildman–Crippen MR) is 96.9 cm³/mol. The lowest BCUT2D eigenvalue weighted by molar-refractivity contribution is 0.0927. The molecular weight excluding hydrogens is 314 g/mol. The number of carbonyl (C=O) groups excluding carboxylic acids is 1. The van der Waals surface area contributed by atoms with Gasteiger partial charge in [0.25, 0.3) is 5.91 Å². The second kappa shape index (κ2) is 6.24. The highest BCUT2D eigenvalue weighted by atomic mass is 16.5. The molecule has 5 heteroatoms. The van der Waals surface area contributed by atoms with E-state index < -0.39 is 0 Å². The fraction of sp³-hybridized carbons (Fsp3) is 0.300. The number of methoxy groups -OCH3 is 1. The summed E-state index contributed by atoms with van der Waals surface area (Å²) in [6, 6.07) is 13.6. The van der Waals surface area contributed by atoms with Crippen LogP contribution in [0.2, 0.25) is 0 Å². The van der Waals surface area contributed by atoms with Gasteiger partial charge in [-0.1, -0.05) is 24.6 Å². The minimum atomic E-state index is -0.0577. The Kier molecular flexibility index (Phi) is 3.92. The molecule has 3 aromatic rings. The Balaban J connectivity index is 1.53. The first-order valence-corrected chi connectivity index (χ1v) is 8.57. The Bertz CT molecular complexity index is 912. The molecule has 1 heterocycles. The summed E-state index contributed by atoms with van der Waals surface area (Å²) < 4.78 is 5.53. The van der Waals surface area contributed by atoms with Crippen molar-refractivity contribution < 1.29 is 9.53 Å². The number of ether oxygens (including phenoxy) is 1. The van der Waals surface area contributed by atoms with Crippen molar-refractivity contribution in [2.24, 2.45) is 0 Å². The van der Waals surface area contributed by atoms with Crippen LogP contribution in [0.1, 0.15) is 35.2 Å². The van der Waals surface area contributed by atoms with Crippen molar-refractivity contribution in [3.63, 3.8) is 0 Å². The van der Waals surface area contributed by atoms with E-state index in [2.05, 4.69) is 21.4 Å². The smallest absolute Gasteiger partial charge is 0.251 e. The monoisotopic (exact) mass is 335 g/mol. The number of fused-ring (bicyclic) bond motifs is 1. The summed E-state index contributed by atoms with van der Waals surface area (Å²) in [5.74, 6) is 0.841. The second-order valence-corrected chi connectivity index (χ2v) is 6.65. The molecule has 0 spiro atoms. The molecule has 0 saturated heterocycles. The average Bonchev–Trinajstić information content (AvgIpc) is 3.08. The molecule has 1 aromatic heterocycles. The highest BCUT2D eigenvalue weighted by Gasteiger charge is 2.40. The predicted octanol–water partition coefficient (Wildman–Crippen LogP) is 3.42. The minimum absolute atomic E-state index is 0.0274. The van der Waals surface area contributed by atoms with E-state index >= 15 is 0 Å². The van der Waals surface area contributed by atoms with Gasteiger partial charge in [0.1, 0.15) is 5.75 Å². The molecule has 1 fully saturated rings. The Morgan fingerprint density at radius 2 is 2.12 bits per heavy atom. The van der Waals surface area contributed by atoms with Gasteiger partial charge in [0, 0.05) is 23.1 Å². The van der Waals surface area contributed by atoms with Crippen molar-refractivity contribution in [1.29, 1.82) is 0 Å². The fourth-order valence-corrected chi connectivity index (χ4v) is 3.66. The third-order valence-corrected chi connectivity index (χ3v) is 5.26. The molecule has 2 N–H and O–H groups in total. The Hall–Kier alpha value is -2.82. The van der Waals surface area contributed by atoms with Gasteiger partial charge in [-0.25, -0.2) is 4.98 Å².